The Balaban J connectivity index is 2.28. The fourth-order valence-corrected chi connectivity index (χ4v) is 3.81. The van der Waals surface area contributed by atoms with Crippen LogP contribution in [0.15, 0.2) is 53.4 Å². The average molecular weight is 392 g/mol. The minimum Gasteiger partial charge on any atom is -0.462 e. The summed E-state index contributed by atoms with van der Waals surface area (Å²) in [7, 11) is -2.46. The van der Waals surface area contributed by atoms with Gasteiger partial charge in [-0.15, -0.1) is 0 Å². The minimum absolute atomic E-state index is 0.00956. The van der Waals surface area contributed by atoms with Crippen molar-refractivity contribution in [2.45, 2.75) is 24.8 Å². The fourth-order valence-electron chi connectivity index (χ4n) is 2.46. The zero-order valence-corrected chi connectivity index (χ0v) is 16.0. The molecule has 0 amide bonds. The van der Waals surface area contributed by atoms with Gasteiger partial charge in [-0.1, -0.05) is 12.1 Å². The number of nitro benzene ring substituents is 1. The molecule has 1 atom stereocenters. The number of carbonyl (C=O) groups excluding carboxylic acids is 1. The van der Waals surface area contributed by atoms with Gasteiger partial charge >= 0.3 is 5.97 Å². The second-order valence-corrected chi connectivity index (χ2v) is 7.79. The maximum atomic E-state index is 12.8. The summed E-state index contributed by atoms with van der Waals surface area (Å²) in [6, 6.07) is 10.6. The number of hydrogen-bond donors (Lipinski definition) is 0. The first kappa shape index (κ1) is 20.5. The molecular formula is C18H20N2O6S. The largest absolute Gasteiger partial charge is 0.462 e. The highest BCUT2D eigenvalue weighted by atomic mass is 32.2. The van der Waals surface area contributed by atoms with E-state index in [4.69, 9.17) is 4.74 Å². The highest BCUT2D eigenvalue weighted by Gasteiger charge is 2.27. The van der Waals surface area contributed by atoms with Crippen LogP contribution in [-0.2, 0) is 14.8 Å². The summed E-state index contributed by atoms with van der Waals surface area (Å²) >= 11 is 0. The number of carbonyl (C=O) groups is 1. The van der Waals surface area contributed by atoms with E-state index in [9.17, 15) is 23.3 Å². The summed E-state index contributed by atoms with van der Waals surface area (Å²) in [4.78, 5) is 22.1. The van der Waals surface area contributed by atoms with Crippen molar-refractivity contribution >= 4 is 21.7 Å². The van der Waals surface area contributed by atoms with Crippen LogP contribution in [0.25, 0.3) is 0 Å². The number of rotatable bonds is 7. The van der Waals surface area contributed by atoms with E-state index in [1.807, 2.05) is 0 Å². The lowest BCUT2D eigenvalue weighted by Crippen LogP contribution is -2.29. The number of nitro groups is 1. The highest BCUT2D eigenvalue weighted by Crippen LogP contribution is 2.28. The van der Waals surface area contributed by atoms with Crippen LogP contribution >= 0.6 is 0 Å². The molecule has 0 saturated heterocycles. The van der Waals surface area contributed by atoms with Gasteiger partial charge in [-0.05, 0) is 43.7 Å². The Bertz CT molecular complexity index is 941. The normalized spacial score (nSPS) is 12.6. The van der Waals surface area contributed by atoms with Crippen molar-refractivity contribution in [1.29, 1.82) is 0 Å². The van der Waals surface area contributed by atoms with Crippen LogP contribution in [-0.4, -0.2) is 37.3 Å². The van der Waals surface area contributed by atoms with Gasteiger partial charge in [-0.2, -0.15) is 4.31 Å². The van der Waals surface area contributed by atoms with Crippen molar-refractivity contribution in [3.8, 4) is 0 Å². The predicted octanol–water partition coefficient (Wildman–Crippen LogP) is 3.15. The summed E-state index contributed by atoms with van der Waals surface area (Å²) in [6.07, 6.45) is 0. The molecule has 0 heterocycles. The third-order valence-corrected chi connectivity index (χ3v) is 6.09. The molecule has 2 aromatic rings. The number of hydrogen-bond acceptors (Lipinski definition) is 6. The van der Waals surface area contributed by atoms with Crippen molar-refractivity contribution in [2.75, 3.05) is 13.7 Å². The topological polar surface area (TPSA) is 107 Å². The summed E-state index contributed by atoms with van der Waals surface area (Å²) in [5.74, 6) is -0.528. The molecule has 1 unspecified atom stereocenters. The summed E-state index contributed by atoms with van der Waals surface area (Å²) in [5.41, 5.74) is 0.646. The predicted molar refractivity (Wildman–Crippen MR) is 98.9 cm³/mol. The number of ether oxygens (including phenoxy) is 1. The Morgan fingerprint density at radius 3 is 2.41 bits per heavy atom. The maximum Gasteiger partial charge on any atom is 0.338 e. The first-order chi connectivity index (χ1) is 12.7. The minimum atomic E-state index is -3.86. The third kappa shape index (κ3) is 4.50. The van der Waals surface area contributed by atoms with E-state index in [1.165, 1.54) is 49.5 Å². The van der Waals surface area contributed by atoms with E-state index < -0.39 is 27.0 Å². The van der Waals surface area contributed by atoms with Crippen LogP contribution in [0, 0.1) is 10.1 Å². The van der Waals surface area contributed by atoms with E-state index in [2.05, 4.69) is 0 Å². The zero-order chi connectivity index (χ0) is 20.2. The Kier molecular flexibility index (Phi) is 6.29. The molecule has 27 heavy (non-hydrogen) atoms. The lowest BCUT2D eigenvalue weighted by Gasteiger charge is -2.24. The molecular weight excluding hydrogens is 372 g/mol. The molecule has 0 aliphatic heterocycles. The molecule has 0 aromatic heterocycles. The monoisotopic (exact) mass is 392 g/mol. The molecule has 2 rings (SSSR count). The summed E-state index contributed by atoms with van der Waals surface area (Å²) < 4.78 is 31.7. The Morgan fingerprint density at radius 1 is 1.22 bits per heavy atom. The van der Waals surface area contributed by atoms with E-state index in [-0.39, 0.29) is 22.8 Å². The van der Waals surface area contributed by atoms with Crippen molar-refractivity contribution in [3.63, 3.8) is 0 Å². The summed E-state index contributed by atoms with van der Waals surface area (Å²) in [5, 5.41) is 10.9. The molecule has 0 bridgehead atoms. The highest BCUT2D eigenvalue weighted by molar-refractivity contribution is 7.89. The van der Waals surface area contributed by atoms with Gasteiger partial charge < -0.3 is 4.74 Å². The number of esters is 1. The third-order valence-electron chi connectivity index (χ3n) is 4.15. The lowest BCUT2D eigenvalue weighted by molar-refractivity contribution is -0.384. The van der Waals surface area contributed by atoms with Crippen molar-refractivity contribution in [1.82, 2.24) is 4.31 Å². The van der Waals surface area contributed by atoms with Gasteiger partial charge in [-0.3, -0.25) is 10.1 Å². The van der Waals surface area contributed by atoms with Crippen molar-refractivity contribution in [2.24, 2.45) is 0 Å². The van der Waals surface area contributed by atoms with Crippen LogP contribution in [0.1, 0.15) is 35.8 Å². The van der Waals surface area contributed by atoms with Crippen LogP contribution in [0.5, 0.6) is 0 Å². The molecule has 2 aromatic carbocycles. The van der Waals surface area contributed by atoms with Gasteiger partial charge in [0.05, 0.1) is 22.0 Å². The van der Waals surface area contributed by atoms with Gasteiger partial charge in [0, 0.05) is 25.2 Å². The van der Waals surface area contributed by atoms with Gasteiger partial charge in [0.15, 0.2) is 0 Å². The summed E-state index contributed by atoms with van der Waals surface area (Å²) in [6.45, 7) is 3.55. The van der Waals surface area contributed by atoms with E-state index >= 15 is 0 Å². The number of non-ortho nitro benzene ring substituents is 1. The molecule has 0 fully saturated rings. The molecule has 0 saturated carbocycles. The van der Waals surface area contributed by atoms with Crippen molar-refractivity contribution in [3.05, 3.63) is 69.8 Å². The number of benzene rings is 2. The van der Waals surface area contributed by atoms with E-state index in [0.29, 0.717) is 5.56 Å². The van der Waals surface area contributed by atoms with E-state index in [0.717, 1.165) is 4.31 Å². The van der Waals surface area contributed by atoms with Crippen LogP contribution < -0.4 is 0 Å². The molecule has 0 N–H and O–H groups in total. The molecule has 0 spiro atoms. The van der Waals surface area contributed by atoms with Crippen LogP contribution in [0.3, 0.4) is 0 Å². The molecule has 0 aliphatic rings. The number of sulfonamides is 1. The van der Waals surface area contributed by atoms with Crippen molar-refractivity contribution < 1.29 is 22.9 Å². The maximum absolute atomic E-state index is 12.8. The Morgan fingerprint density at radius 2 is 1.85 bits per heavy atom. The Labute approximate surface area is 157 Å². The van der Waals surface area contributed by atoms with Gasteiger partial charge in [0.25, 0.3) is 5.69 Å². The average Bonchev–Trinajstić information content (AvgIpc) is 2.67. The fraction of sp³-hybridized carbons (Fsp3) is 0.278. The first-order valence-corrected chi connectivity index (χ1v) is 9.62. The SMILES string of the molecule is CCOC(=O)c1ccc(S(=O)(=O)N(C)C(C)c2cccc([N+](=O)[O-])c2)cc1. The standard InChI is InChI=1S/C18H20N2O6S/c1-4-26-18(21)14-8-10-17(11-9-14)27(24,25)19(3)13(2)15-6-5-7-16(12-15)20(22)23/h5-13H,4H2,1-3H3. The molecule has 9 heteroatoms. The quantitative estimate of drug-likeness (QED) is 0.407. The number of nitrogens with zero attached hydrogens (tertiary/aromatic N) is 2. The van der Waals surface area contributed by atoms with Crippen LogP contribution in [0.4, 0.5) is 5.69 Å². The second kappa shape index (κ2) is 8.28. The molecule has 0 radical (unpaired) electrons. The first-order valence-electron chi connectivity index (χ1n) is 8.18. The molecule has 0 aliphatic carbocycles. The Hall–Kier alpha value is -2.78. The molecule has 144 valence electrons. The lowest BCUT2D eigenvalue weighted by atomic mass is 10.1. The zero-order valence-electron chi connectivity index (χ0n) is 15.2. The smallest absolute Gasteiger partial charge is 0.338 e. The molecule has 8 nitrogen and oxygen atoms in total. The van der Waals surface area contributed by atoms with E-state index in [1.54, 1.807) is 19.9 Å². The second-order valence-electron chi connectivity index (χ2n) is 5.79. The van der Waals surface area contributed by atoms with Gasteiger partial charge in [-0.25, -0.2) is 13.2 Å². The van der Waals surface area contributed by atoms with Gasteiger partial charge in [0.2, 0.25) is 10.0 Å². The van der Waals surface area contributed by atoms with Gasteiger partial charge in [0.1, 0.15) is 0 Å². The van der Waals surface area contributed by atoms with Crippen LogP contribution in [0.2, 0.25) is 0 Å².